The Kier molecular flexibility index (Phi) is 5.99. The first-order chi connectivity index (χ1) is 9.01. The molecule has 1 aromatic carbocycles. The maximum Gasteiger partial charge on any atom is 0.246 e. The fourth-order valence-corrected chi connectivity index (χ4v) is 2.50. The number of nitrogens with zero attached hydrogens (tertiary/aromatic N) is 1. The number of nitrogens with two attached hydrogens (primary N) is 1. The SMILES string of the molecule is CN(CC1CCOC1)C(=O)C(C)(N)c1ccccc1.Cl. The van der Waals surface area contributed by atoms with Crippen LogP contribution in [0.1, 0.15) is 18.9 Å². The van der Waals surface area contributed by atoms with Gasteiger partial charge in [-0.05, 0) is 18.9 Å². The van der Waals surface area contributed by atoms with Crippen molar-refractivity contribution in [1.82, 2.24) is 4.90 Å². The quantitative estimate of drug-likeness (QED) is 0.922. The van der Waals surface area contributed by atoms with Gasteiger partial charge < -0.3 is 15.4 Å². The third-order valence-corrected chi connectivity index (χ3v) is 3.72. The van der Waals surface area contributed by atoms with Crippen molar-refractivity contribution >= 4 is 18.3 Å². The number of hydrogen-bond donors (Lipinski definition) is 1. The monoisotopic (exact) mass is 298 g/mol. The van der Waals surface area contributed by atoms with Crippen molar-refractivity contribution in [3.63, 3.8) is 0 Å². The molecule has 112 valence electrons. The Morgan fingerprint density at radius 2 is 2.10 bits per heavy atom. The van der Waals surface area contributed by atoms with E-state index in [1.54, 1.807) is 11.8 Å². The van der Waals surface area contributed by atoms with E-state index in [4.69, 9.17) is 10.5 Å². The summed E-state index contributed by atoms with van der Waals surface area (Å²) in [4.78, 5) is 14.2. The molecule has 0 spiro atoms. The van der Waals surface area contributed by atoms with E-state index in [0.29, 0.717) is 12.5 Å². The molecule has 4 nitrogen and oxygen atoms in total. The number of benzene rings is 1. The number of carbonyl (C=O) groups is 1. The van der Waals surface area contributed by atoms with Crippen molar-refractivity contribution in [2.24, 2.45) is 11.7 Å². The van der Waals surface area contributed by atoms with E-state index in [-0.39, 0.29) is 18.3 Å². The van der Waals surface area contributed by atoms with Gasteiger partial charge in [-0.25, -0.2) is 0 Å². The van der Waals surface area contributed by atoms with Crippen molar-refractivity contribution in [3.8, 4) is 0 Å². The zero-order valence-corrected chi connectivity index (χ0v) is 12.9. The van der Waals surface area contributed by atoms with Gasteiger partial charge in [0.15, 0.2) is 0 Å². The van der Waals surface area contributed by atoms with Crippen LogP contribution in [0.5, 0.6) is 0 Å². The summed E-state index contributed by atoms with van der Waals surface area (Å²) in [6.07, 6.45) is 1.02. The highest BCUT2D eigenvalue weighted by molar-refractivity contribution is 5.86. The standard InChI is InChI=1S/C15H22N2O2.ClH/c1-15(16,13-6-4-3-5-7-13)14(18)17(2)10-12-8-9-19-11-12;/h3-7,12H,8-11,16H2,1-2H3;1H. The molecule has 1 amide bonds. The Morgan fingerprint density at radius 1 is 1.45 bits per heavy atom. The summed E-state index contributed by atoms with van der Waals surface area (Å²) in [6, 6.07) is 9.51. The van der Waals surface area contributed by atoms with Gasteiger partial charge >= 0.3 is 0 Å². The molecule has 1 fully saturated rings. The van der Waals surface area contributed by atoms with Gasteiger partial charge in [0.05, 0.1) is 6.61 Å². The van der Waals surface area contributed by atoms with Crippen LogP contribution in [0.25, 0.3) is 0 Å². The summed E-state index contributed by atoms with van der Waals surface area (Å²) in [5.74, 6) is 0.381. The molecule has 2 atom stereocenters. The average molecular weight is 299 g/mol. The summed E-state index contributed by atoms with van der Waals surface area (Å²) < 4.78 is 5.34. The molecule has 2 rings (SSSR count). The molecule has 1 saturated heterocycles. The maximum atomic E-state index is 12.5. The third kappa shape index (κ3) is 3.72. The number of hydrogen-bond acceptors (Lipinski definition) is 3. The Hall–Kier alpha value is -1.10. The number of amides is 1. The lowest BCUT2D eigenvalue weighted by atomic mass is 9.91. The topological polar surface area (TPSA) is 55.6 Å². The number of likely N-dealkylation sites (N-methyl/N-ethyl adjacent to an activating group) is 1. The molecule has 0 aromatic heterocycles. The van der Waals surface area contributed by atoms with E-state index < -0.39 is 5.54 Å². The average Bonchev–Trinajstić information content (AvgIpc) is 2.91. The van der Waals surface area contributed by atoms with E-state index >= 15 is 0 Å². The minimum Gasteiger partial charge on any atom is -0.381 e. The molecule has 0 aliphatic carbocycles. The van der Waals surface area contributed by atoms with Crippen LogP contribution in [0.3, 0.4) is 0 Å². The Morgan fingerprint density at radius 3 is 2.65 bits per heavy atom. The molecule has 1 aliphatic rings. The van der Waals surface area contributed by atoms with Gasteiger partial charge in [-0.3, -0.25) is 4.79 Å². The second-order valence-corrected chi connectivity index (χ2v) is 5.48. The molecule has 2 unspecified atom stereocenters. The first-order valence-corrected chi connectivity index (χ1v) is 6.69. The second kappa shape index (κ2) is 7.07. The summed E-state index contributed by atoms with van der Waals surface area (Å²) in [5, 5.41) is 0. The molecule has 0 bridgehead atoms. The number of halogens is 1. The fourth-order valence-electron chi connectivity index (χ4n) is 2.50. The maximum absolute atomic E-state index is 12.5. The zero-order valence-electron chi connectivity index (χ0n) is 12.0. The normalized spacial score (nSPS) is 20.9. The highest BCUT2D eigenvalue weighted by Crippen LogP contribution is 2.21. The first-order valence-electron chi connectivity index (χ1n) is 6.69. The van der Waals surface area contributed by atoms with Gasteiger partial charge in [0.25, 0.3) is 0 Å². The number of carbonyl (C=O) groups excluding carboxylic acids is 1. The van der Waals surface area contributed by atoms with Crippen LogP contribution in [0.4, 0.5) is 0 Å². The minimum atomic E-state index is -0.977. The van der Waals surface area contributed by atoms with E-state index in [9.17, 15) is 4.79 Å². The molecule has 2 N–H and O–H groups in total. The van der Waals surface area contributed by atoms with Crippen LogP contribution in [0, 0.1) is 5.92 Å². The third-order valence-electron chi connectivity index (χ3n) is 3.72. The molecule has 5 heteroatoms. The van der Waals surface area contributed by atoms with Gasteiger partial charge in [0.1, 0.15) is 5.54 Å². The lowest BCUT2D eigenvalue weighted by Crippen LogP contribution is -2.50. The summed E-state index contributed by atoms with van der Waals surface area (Å²) in [7, 11) is 1.81. The zero-order chi connectivity index (χ0) is 13.9. The molecular formula is C15H23ClN2O2. The van der Waals surface area contributed by atoms with Crippen molar-refractivity contribution in [1.29, 1.82) is 0 Å². The minimum absolute atomic E-state index is 0. The van der Waals surface area contributed by atoms with E-state index in [2.05, 4.69) is 0 Å². The summed E-state index contributed by atoms with van der Waals surface area (Å²) in [5.41, 5.74) is 6.10. The number of ether oxygens (including phenoxy) is 1. The van der Waals surface area contributed by atoms with Crippen LogP contribution in [0.2, 0.25) is 0 Å². The molecule has 1 heterocycles. The highest BCUT2D eigenvalue weighted by atomic mass is 35.5. The Bertz CT molecular complexity index is 431. The van der Waals surface area contributed by atoms with Crippen molar-refractivity contribution in [3.05, 3.63) is 35.9 Å². The van der Waals surface area contributed by atoms with Crippen molar-refractivity contribution in [2.75, 3.05) is 26.8 Å². The molecule has 20 heavy (non-hydrogen) atoms. The van der Waals surface area contributed by atoms with Crippen molar-refractivity contribution in [2.45, 2.75) is 18.9 Å². The molecule has 1 aromatic rings. The predicted octanol–water partition coefficient (Wildman–Crippen LogP) is 1.78. The Labute approximate surface area is 126 Å². The van der Waals surface area contributed by atoms with Crippen LogP contribution in [-0.4, -0.2) is 37.6 Å². The van der Waals surface area contributed by atoms with Crippen LogP contribution >= 0.6 is 12.4 Å². The van der Waals surface area contributed by atoms with Crippen LogP contribution in [0.15, 0.2) is 30.3 Å². The van der Waals surface area contributed by atoms with Crippen LogP contribution < -0.4 is 5.73 Å². The molecule has 0 saturated carbocycles. The lowest BCUT2D eigenvalue weighted by Gasteiger charge is -2.30. The predicted molar refractivity (Wildman–Crippen MR) is 81.8 cm³/mol. The number of rotatable bonds is 4. The van der Waals surface area contributed by atoms with E-state index in [1.807, 2.05) is 37.4 Å². The first kappa shape index (κ1) is 17.0. The lowest BCUT2D eigenvalue weighted by molar-refractivity contribution is -0.136. The smallest absolute Gasteiger partial charge is 0.246 e. The van der Waals surface area contributed by atoms with Gasteiger partial charge in [-0.1, -0.05) is 30.3 Å². The van der Waals surface area contributed by atoms with Crippen LogP contribution in [-0.2, 0) is 15.1 Å². The molecular weight excluding hydrogens is 276 g/mol. The Balaban J connectivity index is 0.00000200. The fraction of sp³-hybridized carbons (Fsp3) is 0.533. The second-order valence-electron chi connectivity index (χ2n) is 5.48. The largest absolute Gasteiger partial charge is 0.381 e. The van der Waals surface area contributed by atoms with Crippen molar-refractivity contribution < 1.29 is 9.53 Å². The van der Waals surface area contributed by atoms with Gasteiger partial charge in [-0.2, -0.15) is 0 Å². The van der Waals surface area contributed by atoms with E-state index in [0.717, 1.165) is 25.2 Å². The van der Waals surface area contributed by atoms with Gasteiger partial charge in [-0.15, -0.1) is 12.4 Å². The van der Waals surface area contributed by atoms with Gasteiger partial charge in [0.2, 0.25) is 5.91 Å². The van der Waals surface area contributed by atoms with Gasteiger partial charge in [0, 0.05) is 26.1 Å². The summed E-state index contributed by atoms with van der Waals surface area (Å²) >= 11 is 0. The molecule has 0 radical (unpaired) electrons. The highest BCUT2D eigenvalue weighted by Gasteiger charge is 2.34. The summed E-state index contributed by atoms with van der Waals surface area (Å²) in [6.45, 7) is 4.01. The van der Waals surface area contributed by atoms with E-state index in [1.165, 1.54) is 0 Å². The molecule has 1 aliphatic heterocycles.